The van der Waals surface area contributed by atoms with Crippen molar-refractivity contribution < 1.29 is 37.4 Å². The van der Waals surface area contributed by atoms with Gasteiger partial charge < -0.3 is 10.1 Å². The van der Waals surface area contributed by atoms with Crippen LogP contribution in [0.2, 0.25) is 0 Å². The molecule has 1 aromatic rings. The standard InChI is InChI=1S/C14H24N4O8S3/c1-3-15-11-8-17(5-4-6-25-2)29(23,24)14-10(11)7-13(27-14)28(22)16-12(19)9-26-18(20)21/h7,11,15,20-21H,3-6,8-9H2,1-2H3,(H,16,19)/t11-,28?/m0/s1. The second kappa shape index (κ2) is 10.9. The van der Waals surface area contributed by atoms with Gasteiger partial charge in [-0.25, -0.2) is 17.5 Å². The molecule has 2 rings (SSSR count). The monoisotopic (exact) mass is 472 g/mol. The Balaban J connectivity index is 2.23. The summed E-state index contributed by atoms with van der Waals surface area (Å²) in [5.41, 5.74) is 0.505. The fourth-order valence-corrected chi connectivity index (χ4v) is 7.32. The minimum Gasteiger partial charge on any atom is -0.385 e. The fraction of sp³-hybridized carbons (Fsp3) is 0.643. The van der Waals surface area contributed by atoms with Crippen molar-refractivity contribution in [3.05, 3.63) is 11.6 Å². The Morgan fingerprint density at radius 3 is 2.83 bits per heavy atom. The highest BCUT2D eigenvalue weighted by Gasteiger charge is 2.39. The number of thiophene rings is 1. The predicted octanol–water partition coefficient (Wildman–Crippen LogP) is -0.410. The third kappa shape index (κ3) is 6.24. The van der Waals surface area contributed by atoms with Crippen molar-refractivity contribution >= 4 is 38.3 Å². The lowest BCUT2D eigenvalue weighted by Gasteiger charge is -2.32. The highest BCUT2D eigenvalue weighted by molar-refractivity contribution is 7.92. The van der Waals surface area contributed by atoms with E-state index in [0.29, 0.717) is 31.7 Å². The van der Waals surface area contributed by atoms with Gasteiger partial charge in [0, 0.05) is 38.4 Å². The quantitative estimate of drug-likeness (QED) is 0.246. The molecule has 29 heavy (non-hydrogen) atoms. The molecule has 0 bridgehead atoms. The topological polar surface area (TPSA) is 158 Å². The second-order valence-corrected chi connectivity index (χ2v) is 10.6. The van der Waals surface area contributed by atoms with Crippen LogP contribution in [-0.2, 0) is 35.4 Å². The minimum absolute atomic E-state index is 0.0813. The molecule has 1 aliphatic heterocycles. The van der Waals surface area contributed by atoms with Gasteiger partial charge in [0.15, 0.2) is 17.6 Å². The van der Waals surface area contributed by atoms with E-state index in [-0.39, 0.29) is 21.0 Å². The smallest absolute Gasteiger partial charge is 0.260 e. The number of amides is 1. The van der Waals surface area contributed by atoms with Crippen LogP contribution >= 0.6 is 11.3 Å². The first-order valence-corrected chi connectivity index (χ1v) is 12.0. The number of nitrogens with one attached hydrogen (secondary N) is 2. The van der Waals surface area contributed by atoms with Crippen molar-refractivity contribution in [3.63, 3.8) is 0 Å². The van der Waals surface area contributed by atoms with E-state index in [9.17, 15) is 17.4 Å². The summed E-state index contributed by atoms with van der Waals surface area (Å²) in [6.07, 6.45) is 0.539. The van der Waals surface area contributed by atoms with Gasteiger partial charge >= 0.3 is 0 Å². The van der Waals surface area contributed by atoms with Crippen molar-refractivity contribution in [1.82, 2.24) is 19.7 Å². The second-order valence-electron chi connectivity index (χ2n) is 5.95. The Morgan fingerprint density at radius 1 is 1.48 bits per heavy atom. The summed E-state index contributed by atoms with van der Waals surface area (Å²) in [7, 11) is -4.26. The van der Waals surface area contributed by atoms with E-state index in [1.807, 2.05) is 6.92 Å². The number of hydrogen-bond donors (Lipinski definition) is 4. The van der Waals surface area contributed by atoms with Gasteiger partial charge in [-0.05, 0) is 19.0 Å². The van der Waals surface area contributed by atoms with Gasteiger partial charge in [-0.3, -0.25) is 19.9 Å². The predicted molar refractivity (Wildman–Crippen MR) is 102 cm³/mol. The molecule has 0 aliphatic carbocycles. The van der Waals surface area contributed by atoms with E-state index >= 15 is 0 Å². The van der Waals surface area contributed by atoms with Gasteiger partial charge in [0.25, 0.3) is 15.9 Å². The van der Waals surface area contributed by atoms with Crippen LogP contribution in [0.15, 0.2) is 14.5 Å². The number of nitrogens with zero attached hydrogens (tertiary/aromatic N) is 2. The third-order valence-electron chi connectivity index (χ3n) is 3.95. The van der Waals surface area contributed by atoms with Crippen LogP contribution in [0.3, 0.4) is 0 Å². The van der Waals surface area contributed by atoms with Crippen LogP contribution in [0, 0.1) is 0 Å². The first-order valence-electron chi connectivity index (χ1n) is 8.59. The lowest BCUT2D eigenvalue weighted by atomic mass is 10.1. The largest absolute Gasteiger partial charge is 0.385 e. The summed E-state index contributed by atoms with van der Waals surface area (Å²) in [5, 5.41) is 19.4. The van der Waals surface area contributed by atoms with E-state index in [0.717, 1.165) is 11.3 Å². The summed E-state index contributed by atoms with van der Waals surface area (Å²) in [6.45, 7) is 2.68. The normalized spacial score (nSPS) is 19.8. The summed E-state index contributed by atoms with van der Waals surface area (Å²) < 4.78 is 47.1. The molecule has 15 heteroatoms. The van der Waals surface area contributed by atoms with E-state index in [1.54, 1.807) is 7.11 Å². The van der Waals surface area contributed by atoms with Crippen molar-refractivity contribution in [2.45, 2.75) is 27.8 Å². The van der Waals surface area contributed by atoms with Gasteiger partial charge in [-0.1, -0.05) is 6.92 Å². The van der Waals surface area contributed by atoms with Gasteiger partial charge in [0.1, 0.15) is 8.42 Å². The van der Waals surface area contributed by atoms with Crippen LogP contribution in [0.1, 0.15) is 24.9 Å². The van der Waals surface area contributed by atoms with E-state index in [2.05, 4.69) is 14.9 Å². The fourth-order valence-electron chi connectivity index (χ4n) is 2.74. The van der Waals surface area contributed by atoms with Crippen LogP contribution < -0.4 is 10.0 Å². The Morgan fingerprint density at radius 2 is 2.21 bits per heavy atom. The molecule has 0 spiro atoms. The number of fused-ring (bicyclic) bond motifs is 1. The maximum atomic E-state index is 13.0. The summed E-state index contributed by atoms with van der Waals surface area (Å²) in [5.74, 6) is -0.880. The molecule has 1 aromatic heterocycles. The van der Waals surface area contributed by atoms with E-state index < -0.39 is 38.9 Å². The molecule has 2 atom stereocenters. The highest BCUT2D eigenvalue weighted by Crippen LogP contribution is 2.39. The average molecular weight is 473 g/mol. The zero-order valence-corrected chi connectivity index (χ0v) is 18.3. The molecule has 2 heterocycles. The summed E-state index contributed by atoms with van der Waals surface area (Å²) in [6, 6.07) is 1.22. The Kier molecular flexibility index (Phi) is 9.08. The zero-order valence-electron chi connectivity index (χ0n) is 15.9. The molecule has 1 amide bonds. The molecule has 166 valence electrons. The maximum absolute atomic E-state index is 13.0. The Labute approximate surface area is 174 Å². The van der Waals surface area contributed by atoms with E-state index in [4.69, 9.17) is 15.2 Å². The molecule has 12 nitrogen and oxygen atoms in total. The van der Waals surface area contributed by atoms with Crippen LogP contribution in [0.4, 0.5) is 0 Å². The highest BCUT2D eigenvalue weighted by atomic mass is 32.3. The number of sulfonamides is 1. The molecule has 0 aromatic carbocycles. The molecular weight excluding hydrogens is 448 g/mol. The summed E-state index contributed by atoms with van der Waals surface area (Å²) in [4.78, 5) is 15.8. The number of ether oxygens (including phenoxy) is 1. The van der Waals surface area contributed by atoms with Gasteiger partial charge in [-0.2, -0.15) is 4.31 Å². The first kappa shape index (κ1) is 24.3. The SMILES string of the molecule is CCN[C@H]1CN(CCCOC)S(=O)(=O)c2sc(S(=O)NC(=O)CON(O)O)cc21. The Bertz CT molecular complexity index is 829. The lowest BCUT2D eigenvalue weighted by molar-refractivity contribution is -0.488. The number of likely N-dealkylation sites (N-methyl/N-ethyl adjacent to an activating group) is 1. The number of carbonyl (C=O) groups is 1. The van der Waals surface area contributed by atoms with Crippen LogP contribution in [0.5, 0.6) is 0 Å². The number of carbonyl (C=O) groups excluding carboxylic acids is 1. The minimum atomic E-state index is -3.77. The van der Waals surface area contributed by atoms with Crippen molar-refractivity contribution in [2.24, 2.45) is 0 Å². The number of hydrogen-bond acceptors (Lipinski definition) is 11. The zero-order chi connectivity index (χ0) is 21.6. The lowest BCUT2D eigenvalue weighted by Crippen LogP contribution is -2.43. The Hall–Kier alpha value is -1.01. The molecule has 0 radical (unpaired) electrons. The van der Waals surface area contributed by atoms with Crippen LogP contribution in [-0.4, -0.2) is 78.6 Å². The molecule has 1 aliphatic rings. The molecule has 4 N–H and O–H groups in total. The number of rotatable bonds is 11. The third-order valence-corrected chi connectivity index (χ3v) is 8.88. The van der Waals surface area contributed by atoms with Crippen LogP contribution in [0.25, 0.3) is 0 Å². The summed E-state index contributed by atoms with van der Waals surface area (Å²) >= 11 is 0.824. The van der Waals surface area contributed by atoms with E-state index in [1.165, 1.54) is 10.4 Å². The van der Waals surface area contributed by atoms with Gasteiger partial charge in [-0.15, -0.1) is 11.3 Å². The van der Waals surface area contributed by atoms with Crippen molar-refractivity contribution in [2.75, 3.05) is 40.0 Å². The molecular formula is C14H24N4O8S3. The maximum Gasteiger partial charge on any atom is 0.260 e. The molecule has 0 fully saturated rings. The average Bonchev–Trinajstić information content (AvgIpc) is 3.11. The molecule has 0 saturated heterocycles. The van der Waals surface area contributed by atoms with Crippen molar-refractivity contribution in [3.8, 4) is 0 Å². The number of methoxy groups -OCH3 is 1. The first-order chi connectivity index (χ1) is 13.7. The van der Waals surface area contributed by atoms with Gasteiger partial charge in [0.2, 0.25) is 0 Å². The molecule has 1 unspecified atom stereocenters. The van der Waals surface area contributed by atoms with Gasteiger partial charge in [0.05, 0.1) is 5.39 Å². The van der Waals surface area contributed by atoms with Crippen molar-refractivity contribution in [1.29, 1.82) is 0 Å². The molecule has 0 saturated carbocycles.